The van der Waals surface area contributed by atoms with E-state index in [1.54, 1.807) is 6.92 Å². The Kier molecular flexibility index (Phi) is 4.71. The molecule has 0 fully saturated rings. The molecule has 0 aliphatic carbocycles. The van der Waals surface area contributed by atoms with Crippen molar-refractivity contribution in [2.24, 2.45) is 16.8 Å². The Morgan fingerprint density at radius 2 is 1.89 bits per heavy atom. The molecular weight excluding hydrogens is 230 g/mol. The maximum atomic E-state index is 11.8. The van der Waals surface area contributed by atoms with Gasteiger partial charge in [-0.1, -0.05) is 35.0 Å². The lowest BCUT2D eigenvalue weighted by atomic mass is 10.0. The van der Waals surface area contributed by atoms with Crippen LogP contribution >= 0.6 is 0 Å². The number of amidine groups is 1. The van der Waals surface area contributed by atoms with Gasteiger partial charge in [-0.05, 0) is 26.3 Å². The van der Waals surface area contributed by atoms with E-state index in [9.17, 15) is 4.79 Å². The lowest BCUT2D eigenvalue weighted by molar-refractivity contribution is -0.123. The summed E-state index contributed by atoms with van der Waals surface area (Å²) in [6.45, 7) is 5.49. The van der Waals surface area contributed by atoms with Gasteiger partial charge in [0, 0.05) is 0 Å². The van der Waals surface area contributed by atoms with Crippen LogP contribution in [-0.4, -0.2) is 17.0 Å². The molecule has 0 heterocycles. The molecule has 0 aliphatic heterocycles. The van der Waals surface area contributed by atoms with Gasteiger partial charge < -0.3 is 16.3 Å². The van der Waals surface area contributed by atoms with E-state index < -0.39 is 5.92 Å². The van der Waals surface area contributed by atoms with Crippen molar-refractivity contribution in [3.8, 4) is 0 Å². The van der Waals surface area contributed by atoms with Crippen molar-refractivity contribution in [3.63, 3.8) is 0 Å². The number of nitrogens with zero attached hydrogens (tertiary/aromatic N) is 1. The van der Waals surface area contributed by atoms with Crippen molar-refractivity contribution < 1.29 is 10.0 Å². The van der Waals surface area contributed by atoms with Crippen molar-refractivity contribution in [2.75, 3.05) is 0 Å². The van der Waals surface area contributed by atoms with E-state index in [0.717, 1.165) is 5.56 Å². The summed E-state index contributed by atoms with van der Waals surface area (Å²) in [4.78, 5) is 11.8. The molecule has 0 radical (unpaired) electrons. The van der Waals surface area contributed by atoms with E-state index in [2.05, 4.69) is 10.5 Å². The number of rotatable bonds is 4. The van der Waals surface area contributed by atoms with Crippen LogP contribution in [0.25, 0.3) is 0 Å². The molecule has 2 unspecified atom stereocenters. The highest BCUT2D eigenvalue weighted by atomic mass is 16.4. The zero-order chi connectivity index (χ0) is 13.7. The first-order valence-electron chi connectivity index (χ1n) is 5.80. The Balaban J connectivity index is 2.67. The highest BCUT2D eigenvalue weighted by Crippen LogP contribution is 2.13. The van der Waals surface area contributed by atoms with Gasteiger partial charge in [0.05, 0.1) is 12.0 Å². The second-order valence-corrected chi connectivity index (χ2v) is 4.39. The van der Waals surface area contributed by atoms with Crippen LogP contribution in [0.2, 0.25) is 0 Å². The van der Waals surface area contributed by atoms with Gasteiger partial charge in [0.25, 0.3) is 0 Å². The quantitative estimate of drug-likeness (QED) is 0.327. The fourth-order valence-electron chi connectivity index (χ4n) is 1.50. The molecule has 1 aromatic carbocycles. The maximum absolute atomic E-state index is 11.8. The molecular formula is C13H19N3O2. The van der Waals surface area contributed by atoms with Crippen molar-refractivity contribution in [1.82, 2.24) is 5.32 Å². The lowest BCUT2D eigenvalue weighted by Crippen LogP contribution is -2.38. The Labute approximate surface area is 107 Å². The van der Waals surface area contributed by atoms with Crippen molar-refractivity contribution >= 4 is 11.7 Å². The number of benzene rings is 1. The average molecular weight is 249 g/mol. The summed E-state index contributed by atoms with van der Waals surface area (Å²) in [6, 6.07) is 7.80. The zero-order valence-corrected chi connectivity index (χ0v) is 10.8. The predicted molar refractivity (Wildman–Crippen MR) is 70.3 cm³/mol. The van der Waals surface area contributed by atoms with Gasteiger partial charge in [-0.3, -0.25) is 4.79 Å². The third-order valence-electron chi connectivity index (χ3n) is 2.89. The molecule has 1 aromatic rings. The Hall–Kier alpha value is -2.04. The summed E-state index contributed by atoms with van der Waals surface area (Å²) >= 11 is 0. The number of carbonyl (C=O) groups is 1. The molecule has 1 amide bonds. The van der Waals surface area contributed by atoms with Crippen LogP contribution in [0.5, 0.6) is 0 Å². The summed E-state index contributed by atoms with van der Waals surface area (Å²) in [6.07, 6.45) is 0. The fraction of sp³-hybridized carbons (Fsp3) is 0.385. The van der Waals surface area contributed by atoms with Gasteiger partial charge in [-0.25, -0.2) is 0 Å². The van der Waals surface area contributed by atoms with Crippen molar-refractivity contribution in [3.05, 3.63) is 35.4 Å². The summed E-state index contributed by atoms with van der Waals surface area (Å²) in [7, 11) is 0. The predicted octanol–water partition coefficient (Wildman–Crippen LogP) is 1.55. The van der Waals surface area contributed by atoms with Crippen LogP contribution in [0.1, 0.15) is 31.0 Å². The largest absolute Gasteiger partial charge is 0.409 e. The Morgan fingerprint density at radius 3 is 2.39 bits per heavy atom. The lowest BCUT2D eigenvalue weighted by Gasteiger charge is -2.17. The highest BCUT2D eigenvalue weighted by molar-refractivity contribution is 6.01. The first-order chi connectivity index (χ1) is 8.45. The van der Waals surface area contributed by atoms with Crippen molar-refractivity contribution in [1.29, 1.82) is 0 Å². The smallest absolute Gasteiger partial charge is 0.231 e. The normalized spacial score (nSPS) is 14.9. The van der Waals surface area contributed by atoms with E-state index in [0.29, 0.717) is 0 Å². The van der Waals surface area contributed by atoms with Crippen LogP contribution in [-0.2, 0) is 4.79 Å². The van der Waals surface area contributed by atoms with E-state index in [1.165, 1.54) is 5.56 Å². The number of hydrogen-bond acceptors (Lipinski definition) is 3. The molecule has 1 rings (SSSR count). The van der Waals surface area contributed by atoms with E-state index >= 15 is 0 Å². The van der Waals surface area contributed by atoms with Gasteiger partial charge in [0.2, 0.25) is 5.91 Å². The molecule has 0 saturated heterocycles. The number of amides is 1. The van der Waals surface area contributed by atoms with Gasteiger partial charge >= 0.3 is 0 Å². The summed E-state index contributed by atoms with van der Waals surface area (Å²) in [5.74, 6) is -1.01. The topological polar surface area (TPSA) is 87.7 Å². The van der Waals surface area contributed by atoms with E-state index in [-0.39, 0.29) is 17.8 Å². The minimum Gasteiger partial charge on any atom is -0.409 e. The van der Waals surface area contributed by atoms with Crippen LogP contribution < -0.4 is 11.1 Å². The van der Waals surface area contributed by atoms with Gasteiger partial charge in [0.15, 0.2) is 5.84 Å². The average Bonchev–Trinajstić information content (AvgIpc) is 2.37. The zero-order valence-electron chi connectivity index (χ0n) is 10.8. The molecule has 5 heteroatoms. The number of aryl methyl sites for hydroxylation is 1. The Bertz CT molecular complexity index is 440. The Morgan fingerprint density at radius 1 is 1.33 bits per heavy atom. The molecule has 4 N–H and O–H groups in total. The molecule has 0 aliphatic rings. The first kappa shape index (κ1) is 14.0. The molecule has 0 bridgehead atoms. The molecule has 0 saturated carbocycles. The monoisotopic (exact) mass is 249 g/mol. The standard InChI is InChI=1S/C13H19N3O2/c1-8-4-6-11(7-5-8)10(3)15-13(17)9(2)12(14)16-18/h4-7,9-10,18H,1-3H3,(H2,14,16)(H,15,17). The van der Waals surface area contributed by atoms with Gasteiger partial charge in [0.1, 0.15) is 0 Å². The molecule has 0 aromatic heterocycles. The second kappa shape index (κ2) is 6.05. The maximum Gasteiger partial charge on any atom is 0.231 e. The molecule has 18 heavy (non-hydrogen) atoms. The number of oxime groups is 1. The highest BCUT2D eigenvalue weighted by Gasteiger charge is 2.19. The second-order valence-electron chi connectivity index (χ2n) is 4.39. The number of carbonyl (C=O) groups excluding carboxylic acids is 1. The summed E-state index contributed by atoms with van der Waals surface area (Å²) in [5, 5.41) is 14.2. The molecule has 98 valence electrons. The van der Waals surface area contributed by atoms with Crippen LogP contribution in [0.3, 0.4) is 0 Å². The van der Waals surface area contributed by atoms with Crippen LogP contribution in [0.15, 0.2) is 29.4 Å². The first-order valence-corrected chi connectivity index (χ1v) is 5.80. The third kappa shape index (κ3) is 3.48. The minimum absolute atomic E-state index is 0.0939. The fourth-order valence-corrected chi connectivity index (χ4v) is 1.50. The van der Waals surface area contributed by atoms with Gasteiger partial charge in [-0.2, -0.15) is 0 Å². The van der Waals surface area contributed by atoms with Crippen LogP contribution in [0, 0.1) is 12.8 Å². The van der Waals surface area contributed by atoms with Crippen LogP contribution in [0.4, 0.5) is 0 Å². The molecule has 5 nitrogen and oxygen atoms in total. The number of nitrogens with one attached hydrogen (secondary N) is 1. The number of nitrogens with two attached hydrogens (primary N) is 1. The van der Waals surface area contributed by atoms with Gasteiger partial charge in [-0.15, -0.1) is 0 Å². The van der Waals surface area contributed by atoms with Crippen molar-refractivity contribution in [2.45, 2.75) is 26.8 Å². The molecule has 2 atom stereocenters. The van der Waals surface area contributed by atoms with E-state index in [1.807, 2.05) is 38.1 Å². The van der Waals surface area contributed by atoms with E-state index in [4.69, 9.17) is 10.9 Å². The summed E-state index contributed by atoms with van der Waals surface area (Å²) < 4.78 is 0. The molecule has 0 spiro atoms. The minimum atomic E-state index is -0.650. The number of hydrogen-bond donors (Lipinski definition) is 3. The SMILES string of the molecule is Cc1ccc(C(C)NC(=O)C(C)C(N)=NO)cc1. The summed E-state index contributed by atoms with van der Waals surface area (Å²) in [5.41, 5.74) is 7.57. The third-order valence-corrected chi connectivity index (χ3v) is 2.89.